The third-order valence-corrected chi connectivity index (χ3v) is 6.00. The van der Waals surface area contributed by atoms with E-state index in [4.69, 9.17) is 25.8 Å². The molecule has 32 heavy (non-hydrogen) atoms. The normalized spacial score (nSPS) is 11.2. The van der Waals surface area contributed by atoms with E-state index in [1.54, 1.807) is 61.7 Å². The van der Waals surface area contributed by atoms with E-state index in [1.807, 2.05) is 0 Å². The zero-order valence-electron chi connectivity index (χ0n) is 17.9. The molecule has 0 spiro atoms. The lowest BCUT2D eigenvalue weighted by molar-refractivity contribution is 0.104. The predicted octanol–water partition coefficient (Wildman–Crippen LogP) is 6.66. The van der Waals surface area contributed by atoms with Gasteiger partial charge in [-0.05, 0) is 60.2 Å². The highest BCUT2D eigenvalue weighted by atomic mass is 35.5. The van der Waals surface area contributed by atoms with Crippen molar-refractivity contribution in [3.63, 3.8) is 0 Å². The van der Waals surface area contributed by atoms with E-state index in [2.05, 4.69) is 0 Å². The van der Waals surface area contributed by atoms with E-state index in [0.29, 0.717) is 44.1 Å². The molecule has 0 fully saturated rings. The Morgan fingerprint density at radius 2 is 1.56 bits per heavy atom. The zero-order valence-corrected chi connectivity index (χ0v) is 19.4. The second-order valence-corrected chi connectivity index (χ2v) is 8.14. The molecular weight excluding hydrogens is 451 g/mol. The second kappa shape index (κ2) is 11.1. The van der Waals surface area contributed by atoms with Gasteiger partial charge in [0.15, 0.2) is 17.3 Å². The summed E-state index contributed by atoms with van der Waals surface area (Å²) in [6.07, 6.45) is 1.76. The summed E-state index contributed by atoms with van der Waals surface area (Å²) in [6, 6.07) is 16.5. The molecule has 0 heterocycles. The number of hydrogen-bond acceptors (Lipinski definition) is 5. The number of rotatable bonds is 9. The lowest BCUT2D eigenvalue weighted by atomic mass is 10.1. The van der Waals surface area contributed by atoms with Gasteiger partial charge in [0.2, 0.25) is 5.75 Å². The molecule has 0 saturated carbocycles. The van der Waals surface area contributed by atoms with Crippen LogP contribution in [0.15, 0.2) is 65.6 Å². The molecule has 0 saturated heterocycles. The van der Waals surface area contributed by atoms with Crippen molar-refractivity contribution in [3.8, 4) is 17.2 Å². The van der Waals surface area contributed by atoms with Gasteiger partial charge >= 0.3 is 0 Å². The SMILES string of the molecule is COc1ccc(/C=C(/SCc2ccc(F)cc2)C(=O)c2ccc(Cl)cc2)c(OC)c1OC. The van der Waals surface area contributed by atoms with Crippen LogP contribution in [0.5, 0.6) is 17.2 Å². The molecule has 3 aromatic carbocycles. The van der Waals surface area contributed by atoms with E-state index in [9.17, 15) is 9.18 Å². The fourth-order valence-corrected chi connectivity index (χ4v) is 4.14. The number of hydrogen-bond donors (Lipinski definition) is 0. The number of Topliss-reactive ketones (excluding diaryl/α,β-unsaturated/α-hetero) is 1. The van der Waals surface area contributed by atoms with Crippen LogP contribution in [0.4, 0.5) is 4.39 Å². The van der Waals surface area contributed by atoms with Crippen molar-refractivity contribution in [1.29, 1.82) is 0 Å². The summed E-state index contributed by atoms with van der Waals surface area (Å²) in [5.74, 6) is 1.43. The summed E-state index contributed by atoms with van der Waals surface area (Å²) in [6.45, 7) is 0. The van der Waals surface area contributed by atoms with Crippen molar-refractivity contribution < 1.29 is 23.4 Å². The first-order valence-corrected chi connectivity index (χ1v) is 11.0. The van der Waals surface area contributed by atoms with Crippen molar-refractivity contribution in [2.24, 2.45) is 0 Å². The monoisotopic (exact) mass is 472 g/mol. The molecule has 3 aromatic rings. The van der Waals surface area contributed by atoms with Crippen LogP contribution in [-0.2, 0) is 5.75 Å². The van der Waals surface area contributed by atoms with Crippen LogP contribution < -0.4 is 14.2 Å². The molecule has 0 bridgehead atoms. The van der Waals surface area contributed by atoms with Gasteiger partial charge in [-0.25, -0.2) is 4.39 Å². The van der Waals surface area contributed by atoms with Crippen LogP contribution in [0.25, 0.3) is 6.08 Å². The highest BCUT2D eigenvalue weighted by Crippen LogP contribution is 2.41. The molecule has 3 rings (SSSR count). The molecule has 0 aliphatic carbocycles. The van der Waals surface area contributed by atoms with E-state index in [-0.39, 0.29) is 11.6 Å². The van der Waals surface area contributed by atoms with Crippen molar-refractivity contribution in [2.45, 2.75) is 5.75 Å². The van der Waals surface area contributed by atoms with E-state index in [0.717, 1.165) is 5.56 Å². The molecule has 0 unspecified atom stereocenters. The molecule has 7 heteroatoms. The van der Waals surface area contributed by atoms with Gasteiger partial charge in [-0.1, -0.05) is 23.7 Å². The number of benzene rings is 3. The van der Waals surface area contributed by atoms with Crippen molar-refractivity contribution in [2.75, 3.05) is 21.3 Å². The molecule has 0 atom stereocenters. The zero-order chi connectivity index (χ0) is 23.1. The van der Waals surface area contributed by atoms with Crippen LogP contribution in [0, 0.1) is 5.82 Å². The van der Waals surface area contributed by atoms with Gasteiger partial charge in [-0.3, -0.25) is 4.79 Å². The van der Waals surface area contributed by atoms with Gasteiger partial charge in [0, 0.05) is 21.9 Å². The van der Waals surface area contributed by atoms with Crippen LogP contribution in [-0.4, -0.2) is 27.1 Å². The van der Waals surface area contributed by atoms with Crippen LogP contribution in [0.1, 0.15) is 21.5 Å². The molecule has 0 amide bonds. The average Bonchev–Trinajstić information content (AvgIpc) is 2.82. The molecule has 0 aliphatic rings. The van der Waals surface area contributed by atoms with Gasteiger partial charge in [0.1, 0.15) is 5.82 Å². The molecule has 0 aromatic heterocycles. The number of allylic oxidation sites excluding steroid dienone is 1. The summed E-state index contributed by atoms with van der Waals surface area (Å²) in [7, 11) is 4.60. The molecule has 0 aliphatic heterocycles. The smallest absolute Gasteiger partial charge is 0.203 e. The first-order chi connectivity index (χ1) is 15.5. The standard InChI is InChI=1S/C25H22ClFO4S/c1-29-21-13-8-18(24(30-2)25(21)31-3)14-22(23(28)17-6-9-19(26)10-7-17)32-15-16-4-11-20(27)12-5-16/h4-14H,15H2,1-3H3/b22-14+. The van der Waals surface area contributed by atoms with Gasteiger partial charge in [-0.15, -0.1) is 11.8 Å². The Bertz CT molecular complexity index is 1110. The van der Waals surface area contributed by atoms with Crippen molar-refractivity contribution in [1.82, 2.24) is 0 Å². The number of ketones is 1. The highest BCUT2D eigenvalue weighted by Gasteiger charge is 2.18. The number of halogens is 2. The maximum Gasteiger partial charge on any atom is 0.203 e. The number of thioether (sulfide) groups is 1. The first-order valence-electron chi connectivity index (χ1n) is 9.65. The summed E-state index contributed by atoms with van der Waals surface area (Å²) in [5.41, 5.74) is 2.06. The van der Waals surface area contributed by atoms with Crippen molar-refractivity contribution >= 4 is 35.2 Å². The predicted molar refractivity (Wildman–Crippen MR) is 128 cm³/mol. The van der Waals surface area contributed by atoms with Gasteiger partial charge in [-0.2, -0.15) is 0 Å². The summed E-state index contributed by atoms with van der Waals surface area (Å²) in [4.78, 5) is 13.8. The van der Waals surface area contributed by atoms with Gasteiger partial charge in [0.05, 0.1) is 26.2 Å². The third-order valence-electron chi connectivity index (χ3n) is 4.66. The number of methoxy groups -OCH3 is 3. The van der Waals surface area contributed by atoms with Crippen LogP contribution in [0.2, 0.25) is 5.02 Å². The maximum atomic E-state index is 13.3. The minimum absolute atomic E-state index is 0.161. The van der Waals surface area contributed by atoms with Gasteiger partial charge < -0.3 is 14.2 Å². The maximum absolute atomic E-state index is 13.3. The topological polar surface area (TPSA) is 44.8 Å². The third kappa shape index (κ3) is 5.64. The van der Waals surface area contributed by atoms with Crippen LogP contribution >= 0.6 is 23.4 Å². The fourth-order valence-electron chi connectivity index (χ4n) is 3.04. The highest BCUT2D eigenvalue weighted by molar-refractivity contribution is 8.03. The minimum atomic E-state index is -0.304. The van der Waals surface area contributed by atoms with E-state index in [1.165, 1.54) is 38.1 Å². The largest absolute Gasteiger partial charge is 0.493 e. The lowest BCUT2D eigenvalue weighted by Crippen LogP contribution is -2.02. The Balaban J connectivity index is 2.02. The minimum Gasteiger partial charge on any atom is -0.493 e. The quantitative estimate of drug-likeness (QED) is 0.257. The first kappa shape index (κ1) is 23.7. The average molecular weight is 473 g/mol. The molecule has 0 N–H and O–H groups in total. The molecule has 0 radical (unpaired) electrons. The lowest BCUT2D eigenvalue weighted by Gasteiger charge is -2.15. The molecule has 4 nitrogen and oxygen atoms in total. The molecule has 166 valence electrons. The Kier molecular flexibility index (Phi) is 8.20. The summed E-state index contributed by atoms with van der Waals surface area (Å²) >= 11 is 7.33. The Hall–Kier alpha value is -2.96. The van der Waals surface area contributed by atoms with Gasteiger partial charge in [0.25, 0.3) is 0 Å². The molecular formula is C25H22ClFO4S. The summed E-state index contributed by atoms with van der Waals surface area (Å²) in [5, 5.41) is 0.549. The Morgan fingerprint density at radius 1 is 0.906 bits per heavy atom. The van der Waals surface area contributed by atoms with E-state index < -0.39 is 0 Å². The Labute approximate surface area is 196 Å². The van der Waals surface area contributed by atoms with Crippen molar-refractivity contribution in [3.05, 3.63) is 93.1 Å². The fraction of sp³-hybridized carbons (Fsp3) is 0.160. The van der Waals surface area contributed by atoms with Crippen LogP contribution in [0.3, 0.4) is 0 Å². The number of ether oxygens (including phenoxy) is 3. The van der Waals surface area contributed by atoms with E-state index >= 15 is 0 Å². The Morgan fingerprint density at radius 3 is 2.16 bits per heavy atom. The number of carbonyl (C=O) groups is 1. The second-order valence-electron chi connectivity index (χ2n) is 6.68. The number of carbonyl (C=O) groups excluding carboxylic acids is 1. The summed E-state index contributed by atoms with van der Waals surface area (Å²) < 4.78 is 29.6.